The summed E-state index contributed by atoms with van der Waals surface area (Å²) in [5, 5.41) is 6.78. The first-order valence-corrected chi connectivity index (χ1v) is 9.41. The SMILES string of the molecule is CC(C)Cc1nc(-c2cc(Br)cs2)sc1CNC(C)C. The lowest BCUT2D eigenvalue weighted by Gasteiger charge is -2.08. The van der Waals surface area contributed by atoms with Crippen molar-refractivity contribution in [2.24, 2.45) is 5.92 Å². The molecule has 0 aliphatic rings. The van der Waals surface area contributed by atoms with Gasteiger partial charge in [0, 0.05) is 27.3 Å². The van der Waals surface area contributed by atoms with E-state index in [0.29, 0.717) is 12.0 Å². The summed E-state index contributed by atoms with van der Waals surface area (Å²) < 4.78 is 1.14. The van der Waals surface area contributed by atoms with Crippen LogP contribution in [-0.2, 0) is 13.0 Å². The molecule has 2 heterocycles. The van der Waals surface area contributed by atoms with Crippen molar-refractivity contribution in [2.45, 2.75) is 46.7 Å². The molecule has 0 spiro atoms. The number of halogens is 1. The van der Waals surface area contributed by atoms with E-state index < -0.39 is 0 Å². The molecule has 5 heteroatoms. The maximum atomic E-state index is 4.88. The second-order valence-corrected chi connectivity index (χ2v) is 8.56. The normalized spacial score (nSPS) is 11.8. The Morgan fingerprint density at radius 1 is 1.30 bits per heavy atom. The van der Waals surface area contributed by atoms with Gasteiger partial charge < -0.3 is 5.32 Å². The number of nitrogens with zero attached hydrogens (tertiary/aromatic N) is 1. The zero-order valence-electron chi connectivity index (χ0n) is 12.4. The molecule has 0 aliphatic heterocycles. The standard InChI is InChI=1S/C15H21BrN2S2/c1-9(2)5-12-14(7-17-10(3)4)20-15(18-12)13-6-11(16)8-19-13/h6,8-10,17H,5,7H2,1-4H3. The number of aromatic nitrogens is 1. The van der Waals surface area contributed by atoms with Crippen LogP contribution in [0.4, 0.5) is 0 Å². The Labute approximate surface area is 137 Å². The fourth-order valence-electron chi connectivity index (χ4n) is 1.90. The molecule has 110 valence electrons. The van der Waals surface area contributed by atoms with Crippen LogP contribution < -0.4 is 5.32 Å². The molecule has 2 aromatic heterocycles. The van der Waals surface area contributed by atoms with Crippen LogP contribution in [-0.4, -0.2) is 11.0 Å². The molecule has 0 amide bonds. The molecule has 2 rings (SSSR count). The first-order valence-electron chi connectivity index (χ1n) is 6.92. The minimum Gasteiger partial charge on any atom is -0.310 e. The van der Waals surface area contributed by atoms with E-state index in [9.17, 15) is 0 Å². The summed E-state index contributed by atoms with van der Waals surface area (Å²) in [6, 6.07) is 2.66. The molecule has 20 heavy (non-hydrogen) atoms. The van der Waals surface area contributed by atoms with Gasteiger partial charge in [-0.05, 0) is 34.3 Å². The molecule has 0 bridgehead atoms. The van der Waals surface area contributed by atoms with Crippen molar-refractivity contribution in [1.29, 1.82) is 0 Å². The van der Waals surface area contributed by atoms with Crippen LogP contribution in [0.3, 0.4) is 0 Å². The Hall–Kier alpha value is -0.230. The summed E-state index contributed by atoms with van der Waals surface area (Å²) in [5.41, 5.74) is 1.26. The van der Waals surface area contributed by atoms with Gasteiger partial charge in [-0.1, -0.05) is 27.7 Å². The largest absolute Gasteiger partial charge is 0.310 e. The van der Waals surface area contributed by atoms with Gasteiger partial charge in [-0.15, -0.1) is 22.7 Å². The zero-order chi connectivity index (χ0) is 14.7. The number of rotatable bonds is 6. The monoisotopic (exact) mass is 372 g/mol. The number of hydrogen-bond donors (Lipinski definition) is 1. The summed E-state index contributed by atoms with van der Waals surface area (Å²) in [6.45, 7) is 9.78. The molecule has 0 saturated heterocycles. The lowest BCUT2D eigenvalue weighted by molar-refractivity contribution is 0.581. The summed E-state index contributed by atoms with van der Waals surface area (Å²) in [5.74, 6) is 0.637. The van der Waals surface area contributed by atoms with Crippen LogP contribution in [0.15, 0.2) is 15.9 Å². The molecule has 0 radical (unpaired) electrons. The van der Waals surface area contributed by atoms with Gasteiger partial charge in [0.1, 0.15) is 5.01 Å². The zero-order valence-corrected chi connectivity index (χ0v) is 15.6. The van der Waals surface area contributed by atoms with Crippen LogP contribution in [0.2, 0.25) is 0 Å². The average molecular weight is 373 g/mol. The Morgan fingerprint density at radius 2 is 2.05 bits per heavy atom. The first-order chi connectivity index (χ1) is 9.45. The molecule has 0 unspecified atom stereocenters. The molecule has 0 fully saturated rings. The van der Waals surface area contributed by atoms with E-state index >= 15 is 0 Å². The van der Waals surface area contributed by atoms with Crippen molar-refractivity contribution in [3.05, 3.63) is 26.5 Å². The minimum atomic E-state index is 0.503. The topological polar surface area (TPSA) is 24.9 Å². The Kier molecular flexibility index (Phi) is 5.78. The first kappa shape index (κ1) is 16.1. The molecule has 0 atom stereocenters. The Bertz CT molecular complexity index is 558. The van der Waals surface area contributed by atoms with Gasteiger partial charge in [-0.3, -0.25) is 0 Å². The molecule has 2 nitrogen and oxygen atoms in total. The van der Waals surface area contributed by atoms with E-state index in [4.69, 9.17) is 4.98 Å². The van der Waals surface area contributed by atoms with Crippen molar-refractivity contribution in [1.82, 2.24) is 10.3 Å². The predicted molar refractivity (Wildman–Crippen MR) is 93.6 cm³/mol. The second kappa shape index (κ2) is 7.16. The highest BCUT2D eigenvalue weighted by molar-refractivity contribution is 9.10. The highest BCUT2D eigenvalue weighted by Gasteiger charge is 2.15. The van der Waals surface area contributed by atoms with Crippen LogP contribution in [0.5, 0.6) is 0 Å². The van der Waals surface area contributed by atoms with Gasteiger partial charge in [0.25, 0.3) is 0 Å². The summed E-state index contributed by atoms with van der Waals surface area (Å²) in [6.07, 6.45) is 1.05. The lowest BCUT2D eigenvalue weighted by Crippen LogP contribution is -2.22. The van der Waals surface area contributed by atoms with E-state index in [2.05, 4.69) is 60.4 Å². The van der Waals surface area contributed by atoms with E-state index in [-0.39, 0.29) is 0 Å². The fraction of sp³-hybridized carbons (Fsp3) is 0.533. The molecular formula is C15H21BrN2S2. The predicted octanol–water partition coefficient (Wildman–Crippen LogP) is 5.33. The lowest BCUT2D eigenvalue weighted by atomic mass is 10.1. The third kappa shape index (κ3) is 4.38. The van der Waals surface area contributed by atoms with E-state index in [0.717, 1.165) is 22.4 Å². The molecule has 2 aromatic rings. The van der Waals surface area contributed by atoms with Crippen molar-refractivity contribution in [3.63, 3.8) is 0 Å². The van der Waals surface area contributed by atoms with E-state index in [1.165, 1.54) is 15.4 Å². The number of hydrogen-bond acceptors (Lipinski definition) is 4. The smallest absolute Gasteiger partial charge is 0.133 e. The number of thiophene rings is 1. The van der Waals surface area contributed by atoms with Gasteiger partial charge >= 0.3 is 0 Å². The van der Waals surface area contributed by atoms with Crippen molar-refractivity contribution < 1.29 is 0 Å². The highest BCUT2D eigenvalue weighted by Crippen LogP contribution is 2.35. The summed E-state index contributed by atoms with van der Waals surface area (Å²) in [7, 11) is 0. The molecule has 0 saturated carbocycles. The summed E-state index contributed by atoms with van der Waals surface area (Å²) in [4.78, 5) is 7.51. The Morgan fingerprint density at radius 3 is 2.60 bits per heavy atom. The fourth-order valence-corrected chi connectivity index (χ4v) is 4.43. The quantitative estimate of drug-likeness (QED) is 0.740. The van der Waals surface area contributed by atoms with Crippen LogP contribution in [0.1, 0.15) is 38.3 Å². The van der Waals surface area contributed by atoms with Crippen LogP contribution in [0, 0.1) is 5.92 Å². The van der Waals surface area contributed by atoms with Gasteiger partial charge in [0.15, 0.2) is 0 Å². The summed E-state index contributed by atoms with van der Waals surface area (Å²) >= 11 is 7.09. The third-order valence-electron chi connectivity index (χ3n) is 2.83. The molecule has 1 N–H and O–H groups in total. The van der Waals surface area contributed by atoms with Crippen molar-refractivity contribution in [2.75, 3.05) is 0 Å². The van der Waals surface area contributed by atoms with E-state index in [1.807, 2.05) is 11.3 Å². The minimum absolute atomic E-state index is 0.503. The van der Waals surface area contributed by atoms with Crippen molar-refractivity contribution >= 4 is 38.6 Å². The molecular weight excluding hydrogens is 352 g/mol. The third-order valence-corrected chi connectivity index (χ3v) is 5.79. The van der Waals surface area contributed by atoms with Crippen molar-refractivity contribution in [3.8, 4) is 9.88 Å². The van der Waals surface area contributed by atoms with Gasteiger partial charge in [-0.2, -0.15) is 0 Å². The number of nitrogens with one attached hydrogen (secondary N) is 1. The van der Waals surface area contributed by atoms with E-state index in [1.54, 1.807) is 11.3 Å². The van der Waals surface area contributed by atoms with Gasteiger partial charge in [-0.25, -0.2) is 4.98 Å². The second-order valence-electron chi connectivity index (χ2n) is 5.65. The average Bonchev–Trinajstić information content (AvgIpc) is 2.92. The maximum absolute atomic E-state index is 4.88. The van der Waals surface area contributed by atoms with Crippen LogP contribution in [0.25, 0.3) is 9.88 Å². The molecule has 0 aliphatic carbocycles. The number of thiazole rings is 1. The van der Waals surface area contributed by atoms with Gasteiger partial charge in [0.05, 0.1) is 10.6 Å². The Balaban J connectivity index is 2.26. The van der Waals surface area contributed by atoms with Gasteiger partial charge in [0.2, 0.25) is 0 Å². The highest BCUT2D eigenvalue weighted by atomic mass is 79.9. The molecule has 0 aromatic carbocycles. The van der Waals surface area contributed by atoms with Crippen LogP contribution >= 0.6 is 38.6 Å². The maximum Gasteiger partial charge on any atom is 0.133 e.